The zero-order valence-corrected chi connectivity index (χ0v) is 15.1. The molecule has 0 aliphatic rings. The molecule has 0 aliphatic carbocycles. The van der Waals surface area contributed by atoms with Crippen LogP contribution in [0.15, 0.2) is 54.6 Å². The summed E-state index contributed by atoms with van der Waals surface area (Å²) in [5, 5.41) is 3.41. The smallest absolute Gasteiger partial charge is 0.239 e. The lowest BCUT2D eigenvalue weighted by Gasteiger charge is -2.25. The third-order valence-corrected chi connectivity index (χ3v) is 4.40. The molecule has 2 aromatic rings. The van der Waals surface area contributed by atoms with Crippen molar-refractivity contribution in [1.29, 1.82) is 0 Å². The van der Waals surface area contributed by atoms with Crippen LogP contribution in [0.1, 0.15) is 43.5 Å². The van der Waals surface area contributed by atoms with E-state index in [0.717, 1.165) is 12.0 Å². The standard InChI is InChI=1S/C21H28N2O/c1-5-18-11-13-20(14-12-18)16(2)22-17(3)21(24)23(4)15-19-9-7-6-8-10-19/h6-14,16-17,22H,5,15H2,1-4H3. The molecule has 0 heterocycles. The van der Waals surface area contributed by atoms with Crippen molar-refractivity contribution in [3.8, 4) is 0 Å². The lowest BCUT2D eigenvalue weighted by Crippen LogP contribution is -2.43. The average molecular weight is 324 g/mol. The normalized spacial score (nSPS) is 13.3. The lowest BCUT2D eigenvalue weighted by molar-refractivity contribution is -0.132. The number of carbonyl (C=O) groups is 1. The average Bonchev–Trinajstić information content (AvgIpc) is 2.61. The minimum Gasteiger partial charge on any atom is -0.340 e. The van der Waals surface area contributed by atoms with Gasteiger partial charge in [-0.3, -0.25) is 10.1 Å². The van der Waals surface area contributed by atoms with E-state index in [1.165, 1.54) is 11.1 Å². The molecule has 0 fully saturated rings. The Bertz CT molecular complexity index is 637. The summed E-state index contributed by atoms with van der Waals surface area (Å²) in [6.07, 6.45) is 1.04. The van der Waals surface area contributed by atoms with Crippen LogP contribution in [0.3, 0.4) is 0 Å². The highest BCUT2D eigenvalue weighted by Gasteiger charge is 2.19. The van der Waals surface area contributed by atoms with Crippen molar-refractivity contribution in [3.05, 3.63) is 71.3 Å². The molecule has 0 bridgehead atoms. The van der Waals surface area contributed by atoms with Crippen LogP contribution in [0.25, 0.3) is 0 Å². The molecule has 128 valence electrons. The van der Waals surface area contributed by atoms with Gasteiger partial charge in [-0.05, 0) is 37.0 Å². The second-order valence-corrected chi connectivity index (χ2v) is 6.39. The first-order valence-electron chi connectivity index (χ1n) is 8.65. The Kier molecular flexibility index (Phi) is 6.56. The lowest BCUT2D eigenvalue weighted by atomic mass is 10.0. The molecule has 0 saturated carbocycles. The third-order valence-electron chi connectivity index (χ3n) is 4.40. The van der Waals surface area contributed by atoms with Crippen molar-refractivity contribution in [2.75, 3.05) is 7.05 Å². The van der Waals surface area contributed by atoms with Crippen LogP contribution < -0.4 is 5.32 Å². The van der Waals surface area contributed by atoms with Crippen molar-refractivity contribution < 1.29 is 4.79 Å². The Hall–Kier alpha value is -2.13. The molecule has 24 heavy (non-hydrogen) atoms. The maximum Gasteiger partial charge on any atom is 0.239 e. The number of nitrogens with zero attached hydrogens (tertiary/aromatic N) is 1. The fourth-order valence-electron chi connectivity index (χ4n) is 2.85. The number of likely N-dealkylation sites (N-methyl/N-ethyl adjacent to an activating group) is 1. The van der Waals surface area contributed by atoms with Crippen molar-refractivity contribution in [1.82, 2.24) is 10.2 Å². The van der Waals surface area contributed by atoms with Gasteiger partial charge in [0.1, 0.15) is 0 Å². The van der Waals surface area contributed by atoms with Crippen LogP contribution in [0, 0.1) is 0 Å². The monoisotopic (exact) mass is 324 g/mol. The first-order chi connectivity index (χ1) is 11.5. The molecule has 0 aromatic heterocycles. The van der Waals surface area contributed by atoms with Crippen molar-refractivity contribution in [2.45, 2.75) is 45.8 Å². The van der Waals surface area contributed by atoms with Crippen LogP contribution >= 0.6 is 0 Å². The molecule has 0 aliphatic heterocycles. The van der Waals surface area contributed by atoms with E-state index in [1.54, 1.807) is 4.90 Å². The van der Waals surface area contributed by atoms with E-state index in [2.05, 4.69) is 43.4 Å². The molecule has 2 rings (SSSR count). The summed E-state index contributed by atoms with van der Waals surface area (Å²) in [6.45, 7) is 6.81. The summed E-state index contributed by atoms with van der Waals surface area (Å²) < 4.78 is 0. The Balaban J connectivity index is 1.92. The molecule has 2 atom stereocenters. The van der Waals surface area contributed by atoms with Gasteiger partial charge in [-0.2, -0.15) is 0 Å². The predicted molar refractivity (Wildman–Crippen MR) is 99.7 cm³/mol. The molecular formula is C21H28N2O. The Morgan fingerprint density at radius 3 is 2.21 bits per heavy atom. The highest BCUT2D eigenvalue weighted by molar-refractivity contribution is 5.81. The molecular weight excluding hydrogens is 296 g/mol. The zero-order valence-electron chi connectivity index (χ0n) is 15.1. The minimum atomic E-state index is -0.223. The van der Waals surface area contributed by atoms with E-state index in [1.807, 2.05) is 44.3 Å². The largest absolute Gasteiger partial charge is 0.340 e. The van der Waals surface area contributed by atoms with Crippen LogP contribution in [-0.4, -0.2) is 23.9 Å². The van der Waals surface area contributed by atoms with Crippen molar-refractivity contribution in [2.24, 2.45) is 0 Å². The highest BCUT2D eigenvalue weighted by atomic mass is 16.2. The number of hydrogen-bond donors (Lipinski definition) is 1. The van der Waals surface area contributed by atoms with Gasteiger partial charge in [-0.1, -0.05) is 61.5 Å². The van der Waals surface area contributed by atoms with E-state index in [-0.39, 0.29) is 18.0 Å². The summed E-state index contributed by atoms with van der Waals surface area (Å²) >= 11 is 0. The van der Waals surface area contributed by atoms with Crippen LogP contribution in [0.4, 0.5) is 0 Å². The van der Waals surface area contributed by atoms with Gasteiger partial charge in [0.2, 0.25) is 5.91 Å². The molecule has 1 amide bonds. The molecule has 0 saturated heterocycles. The Morgan fingerprint density at radius 1 is 1.00 bits per heavy atom. The van der Waals surface area contributed by atoms with Gasteiger partial charge in [-0.25, -0.2) is 0 Å². The van der Waals surface area contributed by atoms with Crippen LogP contribution in [0.2, 0.25) is 0 Å². The summed E-state index contributed by atoms with van der Waals surface area (Å²) in [5.41, 5.74) is 3.68. The fraction of sp³-hybridized carbons (Fsp3) is 0.381. The number of aryl methyl sites for hydroxylation is 1. The maximum atomic E-state index is 12.6. The molecule has 3 heteroatoms. The topological polar surface area (TPSA) is 32.3 Å². The molecule has 2 aromatic carbocycles. The van der Waals surface area contributed by atoms with E-state index in [0.29, 0.717) is 6.54 Å². The van der Waals surface area contributed by atoms with E-state index < -0.39 is 0 Å². The van der Waals surface area contributed by atoms with E-state index >= 15 is 0 Å². The summed E-state index contributed by atoms with van der Waals surface area (Å²) in [4.78, 5) is 14.4. The Labute approximate surface area is 145 Å². The van der Waals surface area contributed by atoms with Crippen molar-refractivity contribution in [3.63, 3.8) is 0 Å². The Morgan fingerprint density at radius 2 is 1.62 bits per heavy atom. The van der Waals surface area contributed by atoms with Crippen LogP contribution in [-0.2, 0) is 17.8 Å². The first kappa shape index (κ1) is 18.2. The fourth-order valence-corrected chi connectivity index (χ4v) is 2.85. The maximum absolute atomic E-state index is 12.6. The first-order valence-corrected chi connectivity index (χ1v) is 8.65. The molecule has 2 unspecified atom stereocenters. The van der Waals surface area contributed by atoms with E-state index in [4.69, 9.17) is 0 Å². The van der Waals surface area contributed by atoms with Crippen molar-refractivity contribution >= 4 is 5.91 Å². The summed E-state index contributed by atoms with van der Waals surface area (Å²) in [5.74, 6) is 0.107. The predicted octanol–water partition coefficient (Wildman–Crippen LogP) is 3.95. The minimum absolute atomic E-state index is 0.107. The van der Waals surface area contributed by atoms with Gasteiger partial charge in [0.15, 0.2) is 0 Å². The highest BCUT2D eigenvalue weighted by Crippen LogP contribution is 2.15. The van der Waals surface area contributed by atoms with Gasteiger partial charge in [0.05, 0.1) is 6.04 Å². The number of carbonyl (C=O) groups excluding carboxylic acids is 1. The third kappa shape index (κ3) is 4.93. The molecule has 3 nitrogen and oxygen atoms in total. The SMILES string of the molecule is CCc1ccc(C(C)NC(C)C(=O)N(C)Cc2ccccc2)cc1. The number of nitrogens with one attached hydrogen (secondary N) is 1. The quantitative estimate of drug-likeness (QED) is 0.836. The van der Waals surface area contributed by atoms with Gasteiger partial charge in [-0.15, -0.1) is 0 Å². The zero-order chi connectivity index (χ0) is 17.5. The van der Waals surface area contributed by atoms with Gasteiger partial charge in [0.25, 0.3) is 0 Å². The summed E-state index contributed by atoms with van der Waals surface area (Å²) in [6, 6.07) is 18.6. The second kappa shape index (κ2) is 8.65. The molecule has 0 radical (unpaired) electrons. The second-order valence-electron chi connectivity index (χ2n) is 6.39. The number of rotatable bonds is 7. The van der Waals surface area contributed by atoms with E-state index in [9.17, 15) is 4.79 Å². The van der Waals surface area contributed by atoms with Gasteiger partial charge in [0, 0.05) is 19.6 Å². The number of amides is 1. The number of hydrogen-bond acceptors (Lipinski definition) is 2. The molecule has 0 spiro atoms. The van der Waals surface area contributed by atoms with Gasteiger partial charge >= 0.3 is 0 Å². The molecule has 1 N–H and O–H groups in total. The van der Waals surface area contributed by atoms with Crippen LogP contribution in [0.5, 0.6) is 0 Å². The van der Waals surface area contributed by atoms with Gasteiger partial charge < -0.3 is 4.90 Å². The summed E-state index contributed by atoms with van der Waals surface area (Å²) in [7, 11) is 1.86. The number of benzene rings is 2.